The van der Waals surface area contributed by atoms with Crippen molar-refractivity contribution in [3.8, 4) is 0 Å². The maximum absolute atomic E-state index is 13.5. The van der Waals surface area contributed by atoms with Crippen LogP contribution in [0.4, 0.5) is 0 Å². The molecule has 3 aliphatic rings. The number of rotatable bonds is 80. The van der Waals surface area contributed by atoms with Gasteiger partial charge < -0.3 is 89.9 Å². The van der Waals surface area contributed by atoms with Crippen LogP contribution >= 0.6 is 0 Å². The van der Waals surface area contributed by atoms with Crippen molar-refractivity contribution in [3.63, 3.8) is 0 Å². The summed E-state index contributed by atoms with van der Waals surface area (Å²) in [6.45, 7) is 1.79. The van der Waals surface area contributed by atoms with Gasteiger partial charge in [0.15, 0.2) is 18.9 Å². The van der Waals surface area contributed by atoms with E-state index in [2.05, 4.69) is 43.5 Å². The fourth-order valence-corrected chi connectivity index (χ4v) is 16.5. The zero-order valence-corrected chi connectivity index (χ0v) is 72.8. The molecule has 3 saturated heterocycles. The van der Waals surface area contributed by atoms with Gasteiger partial charge in [-0.05, 0) is 44.9 Å². The maximum atomic E-state index is 13.5. The number of allylic oxidation sites excluding steroid dienone is 5. The Morgan fingerprint density at radius 1 is 0.307 bits per heavy atom. The van der Waals surface area contributed by atoms with E-state index in [1.807, 2.05) is 6.08 Å². The van der Waals surface area contributed by atoms with Gasteiger partial charge >= 0.3 is 0 Å². The van der Waals surface area contributed by atoms with E-state index in [-0.39, 0.29) is 18.9 Å². The van der Waals surface area contributed by atoms with Crippen LogP contribution in [-0.4, -0.2) is 193 Å². The van der Waals surface area contributed by atoms with E-state index in [9.17, 15) is 61.0 Å². The van der Waals surface area contributed by atoms with E-state index in [1.54, 1.807) is 6.08 Å². The van der Waals surface area contributed by atoms with Gasteiger partial charge in [-0.25, -0.2) is 0 Å². The van der Waals surface area contributed by atoms with Crippen molar-refractivity contribution >= 4 is 5.91 Å². The van der Waals surface area contributed by atoms with Crippen LogP contribution in [0.15, 0.2) is 36.5 Å². The molecule has 3 heterocycles. The first-order valence-corrected chi connectivity index (χ1v) is 48.2. The SMILES string of the molecule is CCCCCCCCCCCCCCCCCCCCC/C=C/CC/C=C/CC/C=C/C(O)C(COC1OC(CO)C(OC2OC(CO)C(OC3OC(CO)C(O)C(O)C3O)C(O)C2O)C(O)C1O)NC(=O)CCCCCCCCCCCCCCCCCCCCCCCCCCCCCCCCCCCCCCCCCC. The van der Waals surface area contributed by atoms with Crippen molar-refractivity contribution in [1.29, 1.82) is 0 Å². The Kier molecular flexibility index (Phi) is 69.7. The number of unbranched alkanes of at least 4 members (excludes halogenated alkanes) is 60. The Morgan fingerprint density at radius 3 is 0.877 bits per heavy atom. The standard InChI is InChI=1S/C95H179NO18/c1-3-5-7-9-11-13-15-17-19-21-23-25-27-29-31-33-34-35-36-37-38-39-40-41-42-43-45-47-49-51-53-55-57-59-61-63-65-67-69-71-73-83(101)96-78(79(100)72-70-68-66-64-62-60-58-56-54-52-50-48-46-44-32-30-28-26-24-22-20-18-16-14-12-10-8-6-4-2)77-109-93-89(107)86(104)91(81(75-98)111-93)114-95-90(108)87(105)92(82(76-99)112-95)113-94-88(106)85(103)84(102)80(74-97)110-94/h54,56,62,64,70,72,78-82,84-95,97-100,102-108H,3-53,55,57-61,63,65-69,71,73-77H2,1-2H3,(H,96,101)/b56-54+,64-62+,72-70+. The Bertz CT molecular complexity index is 2190. The van der Waals surface area contributed by atoms with E-state index in [4.69, 9.17) is 28.4 Å². The lowest BCUT2D eigenvalue weighted by atomic mass is 9.96. The van der Waals surface area contributed by atoms with Gasteiger partial charge in [0.2, 0.25) is 5.91 Å². The summed E-state index contributed by atoms with van der Waals surface area (Å²) in [4.78, 5) is 13.5. The largest absolute Gasteiger partial charge is 0.394 e. The molecule has 0 radical (unpaired) electrons. The Labute approximate surface area is 695 Å². The Morgan fingerprint density at radius 2 is 0.561 bits per heavy atom. The topological polar surface area (TPSA) is 307 Å². The third-order valence-electron chi connectivity index (χ3n) is 24.2. The predicted octanol–water partition coefficient (Wildman–Crippen LogP) is 19.4. The van der Waals surface area contributed by atoms with Gasteiger partial charge in [0, 0.05) is 6.42 Å². The van der Waals surface area contributed by atoms with E-state index < -0.39 is 124 Å². The number of ether oxygens (including phenoxy) is 6. The van der Waals surface area contributed by atoms with E-state index in [0.717, 1.165) is 44.9 Å². The summed E-state index contributed by atoms with van der Waals surface area (Å²) in [5.74, 6) is -0.280. The number of hydrogen-bond acceptors (Lipinski definition) is 18. The molecule has 19 heteroatoms. The average molecular weight is 1620 g/mol. The molecule has 3 rings (SSSR count). The van der Waals surface area contributed by atoms with Crippen LogP contribution < -0.4 is 5.32 Å². The monoisotopic (exact) mass is 1620 g/mol. The van der Waals surface area contributed by atoms with Gasteiger partial charge in [-0.1, -0.05) is 416 Å². The van der Waals surface area contributed by atoms with E-state index in [1.165, 1.54) is 353 Å². The highest BCUT2D eigenvalue weighted by Gasteiger charge is 2.54. The normalized spacial score (nSPS) is 24.8. The zero-order valence-electron chi connectivity index (χ0n) is 72.8. The summed E-state index contributed by atoms with van der Waals surface area (Å²) in [5, 5.41) is 121. The number of nitrogens with one attached hydrogen (secondary N) is 1. The van der Waals surface area contributed by atoms with Gasteiger partial charge in [-0.15, -0.1) is 0 Å². The van der Waals surface area contributed by atoms with Gasteiger partial charge in [0.1, 0.15) is 73.2 Å². The molecular weight excluding hydrogens is 1440 g/mol. The van der Waals surface area contributed by atoms with Crippen molar-refractivity contribution < 1.29 is 89.4 Å². The highest BCUT2D eigenvalue weighted by molar-refractivity contribution is 5.76. The third kappa shape index (κ3) is 52.4. The molecule has 0 aromatic carbocycles. The summed E-state index contributed by atoms with van der Waals surface area (Å²) in [5.41, 5.74) is 0. The molecule has 19 nitrogen and oxygen atoms in total. The number of carbonyl (C=O) groups is 1. The molecule has 17 unspecified atom stereocenters. The molecule has 3 fully saturated rings. The lowest BCUT2D eigenvalue weighted by Gasteiger charge is -2.48. The summed E-state index contributed by atoms with van der Waals surface area (Å²) < 4.78 is 34.5. The van der Waals surface area contributed by atoms with Crippen LogP contribution in [0.25, 0.3) is 0 Å². The zero-order chi connectivity index (χ0) is 82.4. The van der Waals surface area contributed by atoms with E-state index >= 15 is 0 Å². The third-order valence-corrected chi connectivity index (χ3v) is 24.2. The summed E-state index contributed by atoms with van der Waals surface area (Å²) in [6.07, 6.45) is 70.5. The minimum atomic E-state index is -1.98. The van der Waals surface area contributed by atoms with Crippen molar-refractivity contribution in [2.24, 2.45) is 0 Å². The average Bonchev–Trinajstić information content (AvgIpc) is 0.774. The van der Waals surface area contributed by atoms with Gasteiger partial charge in [0.05, 0.1) is 38.6 Å². The highest BCUT2D eigenvalue weighted by atomic mass is 16.8. The van der Waals surface area contributed by atoms with Gasteiger partial charge in [-0.2, -0.15) is 0 Å². The molecule has 114 heavy (non-hydrogen) atoms. The first-order chi connectivity index (χ1) is 55.8. The molecule has 0 saturated carbocycles. The highest BCUT2D eigenvalue weighted by Crippen LogP contribution is 2.34. The molecule has 12 N–H and O–H groups in total. The molecule has 0 bridgehead atoms. The fraction of sp³-hybridized carbons (Fsp3) is 0.926. The smallest absolute Gasteiger partial charge is 0.220 e. The number of hydrogen-bond donors (Lipinski definition) is 12. The maximum Gasteiger partial charge on any atom is 0.220 e. The molecule has 672 valence electrons. The van der Waals surface area contributed by atoms with Crippen LogP contribution in [0.2, 0.25) is 0 Å². The van der Waals surface area contributed by atoms with E-state index in [0.29, 0.717) is 12.8 Å². The molecule has 0 aromatic rings. The van der Waals surface area contributed by atoms with Gasteiger partial charge in [0.25, 0.3) is 0 Å². The lowest BCUT2D eigenvalue weighted by molar-refractivity contribution is -0.379. The Hall–Kier alpha value is -1.99. The molecular formula is C95H179NO18. The lowest BCUT2D eigenvalue weighted by Crippen LogP contribution is -2.66. The quantitative estimate of drug-likeness (QED) is 0.0199. The molecule has 17 atom stereocenters. The fourth-order valence-electron chi connectivity index (χ4n) is 16.5. The first-order valence-electron chi connectivity index (χ1n) is 48.2. The van der Waals surface area contributed by atoms with Crippen LogP contribution in [0.1, 0.15) is 431 Å². The number of amides is 1. The van der Waals surface area contributed by atoms with Crippen molar-refractivity contribution in [1.82, 2.24) is 5.32 Å². The second kappa shape index (κ2) is 74.8. The van der Waals surface area contributed by atoms with Crippen LogP contribution in [0.3, 0.4) is 0 Å². The molecule has 3 aliphatic heterocycles. The Balaban J connectivity index is 1.30. The number of carbonyl (C=O) groups excluding carboxylic acids is 1. The summed E-state index contributed by atoms with van der Waals surface area (Å²) in [6, 6.07) is -0.997. The number of aliphatic hydroxyl groups excluding tert-OH is 11. The molecule has 0 spiro atoms. The summed E-state index contributed by atoms with van der Waals surface area (Å²) >= 11 is 0. The first kappa shape index (κ1) is 106. The van der Waals surface area contributed by atoms with Crippen molar-refractivity contribution in [3.05, 3.63) is 36.5 Å². The minimum absolute atomic E-state index is 0.237. The minimum Gasteiger partial charge on any atom is -0.394 e. The van der Waals surface area contributed by atoms with Crippen LogP contribution in [0.5, 0.6) is 0 Å². The predicted molar refractivity (Wildman–Crippen MR) is 462 cm³/mol. The molecule has 0 aliphatic carbocycles. The number of aliphatic hydroxyl groups is 11. The molecule has 0 aromatic heterocycles. The van der Waals surface area contributed by atoms with Crippen LogP contribution in [-0.2, 0) is 33.2 Å². The van der Waals surface area contributed by atoms with Crippen molar-refractivity contribution in [2.75, 3.05) is 26.4 Å². The van der Waals surface area contributed by atoms with Crippen molar-refractivity contribution in [2.45, 2.75) is 535 Å². The molecule has 1 amide bonds. The second-order valence-corrected chi connectivity index (χ2v) is 34.5. The van der Waals surface area contributed by atoms with Gasteiger partial charge in [-0.3, -0.25) is 4.79 Å². The van der Waals surface area contributed by atoms with Crippen LogP contribution in [0, 0.1) is 0 Å². The second-order valence-electron chi connectivity index (χ2n) is 34.5. The summed E-state index contributed by atoms with van der Waals surface area (Å²) in [7, 11) is 0.